The van der Waals surface area contributed by atoms with Crippen LogP contribution in [0.3, 0.4) is 0 Å². The summed E-state index contributed by atoms with van der Waals surface area (Å²) >= 11 is 0. The Bertz CT molecular complexity index is 857. The minimum absolute atomic E-state index is 0.230. The van der Waals surface area contributed by atoms with Gasteiger partial charge >= 0.3 is 0 Å². The summed E-state index contributed by atoms with van der Waals surface area (Å²) in [6, 6.07) is 11.5. The second-order valence-corrected chi connectivity index (χ2v) is 5.09. The van der Waals surface area contributed by atoms with Crippen LogP contribution < -0.4 is 5.32 Å². The highest BCUT2D eigenvalue weighted by Crippen LogP contribution is 2.20. The summed E-state index contributed by atoms with van der Waals surface area (Å²) in [6.45, 7) is 1.77. The van der Waals surface area contributed by atoms with E-state index in [4.69, 9.17) is 0 Å². The predicted molar refractivity (Wildman–Crippen MR) is 83.1 cm³/mol. The van der Waals surface area contributed by atoms with Crippen LogP contribution in [0.2, 0.25) is 0 Å². The largest absolute Gasteiger partial charge is 0.320 e. The summed E-state index contributed by atoms with van der Waals surface area (Å²) in [5.41, 5.74) is 2.58. The third-order valence-corrected chi connectivity index (χ3v) is 3.41. The van der Waals surface area contributed by atoms with Crippen molar-refractivity contribution in [1.29, 1.82) is 0 Å². The van der Waals surface area contributed by atoms with E-state index >= 15 is 0 Å². The van der Waals surface area contributed by atoms with Crippen molar-refractivity contribution in [3.63, 3.8) is 0 Å². The van der Waals surface area contributed by atoms with Gasteiger partial charge in [-0.15, -0.1) is 0 Å². The Morgan fingerprint density at radius 2 is 1.74 bits per heavy atom. The molecule has 0 saturated carbocycles. The molecule has 4 nitrogen and oxygen atoms in total. The van der Waals surface area contributed by atoms with Crippen molar-refractivity contribution < 1.29 is 13.6 Å². The lowest BCUT2D eigenvalue weighted by Crippen LogP contribution is -2.13. The average Bonchev–Trinajstić information content (AvgIpc) is 3.02. The molecule has 0 radical (unpaired) electrons. The first-order valence-electron chi connectivity index (χ1n) is 6.92. The van der Waals surface area contributed by atoms with Gasteiger partial charge in [-0.1, -0.05) is 6.07 Å². The van der Waals surface area contributed by atoms with E-state index in [1.807, 2.05) is 0 Å². The van der Waals surface area contributed by atoms with Crippen LogP contribution in [0.4, 0.5) is 14.5 Å². The predicted octanol–water partition coefficient (Wildman–Crippen LogP) is 3.92. The lowest BCUT2D eigenvalue weighted by atomic mass is 10.1. The Hall–Kier alpha value is -3.02. The molecule has 0 fully saturated rings. The van der Waals surface area contributed by atoms with Gasteiger partial charge in [0, 0.05) is 11.3 Å². The molecule has 0 unspecified atom stereocenters. The van der Waals surface area contributed by atoms with Gasteiger partial charge in [0.1, 0.15) is 17.3 Å². The van der Waals surface area contributed by atoms with Crippen molar-refractivity contribution >= 4 is 11.6 Å². The molecule has 0 aliphatic rings. The van der Waals surface area contributed by atoms with E-state index in [1.165, 1.54) is 24.3 Å². The molecular formula is C17H13F2N3O. The molecule has 0 spiro atoms. The van der Waals surface area contributed by atoms with Gasteiger partial charge in [-0.2, -0.15) is 5.10 Å². The Kier molecular flexibility index (Phi) is 3.89. The SMILES string of the molecule is Cc1ccc(F)cc1NC(=O)c1cc(-c2ccc(F)cc2)n[nH]1. The second kappa shape index (κ2) is 6.00. The molecular weight excluding hydrogens is 300 g/mol. The summed E-state index contributed by atoms with van der Waals surface area (Å²) in [5.74, 6) is -1.20. The summed E-state index contributed by atoms with van der Waals surface area (Å²) < 4.78 is 26.2. The number of halogens is 2. The summed E-state index contributed by atoms with van der Waals surface area (Å²) in [5, 5.41) is 9.29. The fourth-order valence-electron chi connectivity index (χ4n) is 2.13. The van der Waals surface area contributed by atoms with Crippen molar-refractivity contribution in [1.82, 2.24) is 10.2 Å². The van der Waals surface area contributed by atoms with Crippen molar-refractivity contribution in [2.24, 2.45) is 0 Å². The van der Waals surface area contributed by atoms with Crippen LogP contribution in [0, 0.1) is 18.6 Å². The first-order chi connectivity index (χ1) is 11.0. The number of aryl methyl sites for hydroxylation is 1. The number of amides is 1. The van der Waals surface area contributed by atoms with E-state index in [0.717, 1.165) is 5.56 Å². The number of anilines is 1. The van der Waals surface area contributed by atoms with E-state index in [0.29, 0.717) is 16.9 Å². The van der Waals surface area contributed by atoms with E-state index in [9.17, 15) is 13.6 Å². The van der Waals surface area contributed by atoms with E-state index in [2.05, 4.69) is 15.5 Å². The second-order valence-electron chi connectivity index (χ2n) is 5.09. The number of aromatic amines is 1. The summed E-state index contributed by atoms with van der Waals surface area (Å²) in [4.78, 5) is 12.2. The first kappa shape index (κ1) is 14.9. The highest BCUT2D eigenvalue weighted by molar-refractivity contribution is 6.03. The molecule has 1 aromatic heterocycles. The third kappa shape index (κ3) is 3.26. The van der Waals surface area contributed by atoms with Crippen LogP contribution in [-0.4, -0.2) is 16.1 Å². The van der Waals surface area contributed by atoms with Crippen molar-refractivity contribution in [2.75, 3.05) is 5.32 Å². The van der Waals surface area contributed by atoms with E-state index in [1.54, 1.807) is 31.2 Å². The normalized spacial score (nSPS) is 10.6. The molecule has 1 heterocycles. The molecule has 0 bridgehead atoms. The maximum absolute atomic E-state index is 13.3. The van der Waals surface area contributed by atoms with Gasteiger partial charge in [0.15, 0.2) is 0 Å². The zero-order valence-corrected chi connectivity index (χ0v) is 12.2. The lowest BCUT2D eigenvalue weighted by molar-refractivity contribution is 0.102. The minimum Gasteiger partial charge on any atom is -0.320 e. The van der Waals surface area contributed by atoms with Gasteiger partial charge in [-0.25, -0.2) is 8.78 Å². The number of nitrogens with one attached hydrogen (secondary N) is 2. The molecule has 0 atom stereocenters. The monoisotopic (exact) mass is 313 g/mol. The zero-order chi connectivity index (χ0) is 16.4. The highest BCUT2D eigenvalue weighted by Gasteiger charge is 2.13. The van der Waals surface area contributed by atoms with Crippen molar-refractivity contribution in [3.8, 4) is 11.3 Å². The quantitative estimate of drug-likeness (QED) is 0.770. The molecule has 2 N–H and O–H groups in total. The molecule has 116 valence electrons. The zero-order valence-electron chi connectivity index (χ0n) is 12.2. The average molecular weight is 313 g/mol. The number of benzene rings is 2. The number of nitrogens with zero attached hydrogens (tertiary/aromatic N) is 1. The van der Waals surface area contributed by atoms with Gasteiger partial charge in [0.25, 0.3) is 5.91 Å². The number of carbonyl (C=O) groups is 1. The molecule has 0 aliphatic heterocycles. The topological polar surface area (TPSA) is 57.8 Å². The standard InChI is InChI=1S/C17H13F2N3O/c1-10-2-5-13(19)8-14(10)20-17(23)16-9-15(21-22-16)11-3-6-12(18)7-4-11/h2-9H,1H3,(H,20,23)(H,21,22). The van der Waals surface area contributed by atoms with Crippen LogP contribution in [0.5, 0.6) is 0 Å². The van der Waals surface area contributed by atoms with E-state index in [-0.39, 0.29) is 11.5 Å². The van der Waals surface area contributed by atoms with Crippen LogP contribution in [0.15, 0.2) is 48.5 Å². The molecule has 0 saturated heterocycles. The molecule has 3 aromatic rings. The summed E-state index contributed by atoms with van der Waals surface area (Å²) in [6.07, 6.45) is 0. The van der Waals surface area contributed by atoms with Crippen LogP contribution in [0.25, 0.3) is 11.3 Å². The number of rotatable bonds is 3. The van der Waals surface area contributed by atoms with Crippen LogP contribution >= 0.6 is 0 Å². The van der Waals surface area contributed by atoms with Gasteiger partial charge in [-0.05, 0) is 55.0 Å². The van der Waals surface area contributed by atoms with Gasteiger partial charge in [0.2, 0.25) is 0 Å². The molecule has 1 amide bonds. The van der Waals surface area contributed by atoms with Crippen molar-refractivity contribution in [2.45, 2.75) is 6.92 Å². The fourth-order valence-corrected chi connectivity index (χ4v) is 2.13. The number of hydrogen-bond acceptors (Lipinski definition) is 2. The van der Waals surface area contributed by atoms with Crippen LogP contribution in [-0.2, 0) is 0 Å². The maximum atomic E-state index is 13.3. The molecule has 2 aromatic carbocycles. The first-order valence-corrected chi connectivity index (χ1v) is 6.92. The van der Waals surface area contributed by atoms with Gasteiger partial charge in [-0.3, -0.25) is 9.89 Å². The van der Waals surface area contributed by atoms with E-state index < -0.39 is 11.7 Å². The Morgan fingerprint density at radius 3 is 2.48 bits per heavy atom. The van der Waals surface area contributed by atoms with Gasteiger partial charge in [0.05, 0.1) is 5.69 Å². The van der Waals surface area contributed by atoms with Crippen LogP contribution in [0.1, 0.15) is 16.1 Å². The Balaban J connectivity index is 1.81. The minimum atomic E-state index is -0.431. The number of hydrogen-bond donors (Lipinski definition) is 2. The highest BCUT2D eigenvalue weighted by atomic mass is 19.1. The molecule has 3 rings (SSSR count). The molecule has 6 heteroatoms. The van der Waals surface area contributed by atoms with Gasteiger partial charge < -0.3 is 5.32 Å². The smallest absolute Gasteiger partial charge is 0.273 e. The third-order valence-electron chi connectivity index (χ3n) is 3.41. The molecule has 0 aliphatic carbocycles. The Labute approximate surface area is 131 Å². The van der Waals surface area contributed by atoms with Crippen molar-refractivity contribution in [3.05, 3.63) is 71.4 Å². The fraction of sp³-hybridized carbons (Fsp3) is 0.0588. The number of aromatic nitrogens is 2. The lowest BCUT2D eigenvalue weighted by Gasteiger charge is -2.06. The maximum Gasteiger partial charge on any atom is 0.273 e. The molecule has 23 heavy (non-hydrogen) atoms. The number of carbonyl (C=O) groups excluding carboxylic acids is 1. The number of H-pyrrole nitrogens is 1. The summed E-state index contributed by atoms with van der Waals surface area (Å²) in [7, 11) is 0. The Morgan fingerprint density at radius 1 is 1.04 bits per heavy atom.